The summed E-state index contributed by atoms with van der Waals surface area (Å²) in [6.45, 7) is 1.98. The number of fused-ring (bicyclic) bond motifs is 1. The number of thioether (sulfide) groups is 1. The van der Waals surface area contributed by atoms with Gasteiger partial charge in [0.15, 0.2) is 0 Å². The van der Waals surface area contributed by atoms with Crippen molar-refractivity contribution in [2.45, 2.75) is 13.0 Å². The Balaban J connectivity index is 2.40. The molecular formula is C13H15NOS. The molecule has 1 aromatic carbocycles. The van der Waals surface area contributed by atoms with Crippen LogP contribution >= 0.6 is 11.8 Å². The van der Waals surface area contributed by atoms with Crippen LogP contribution in [0, 0.1) is 6.92 Å². The lowest BCUT2D eigenvalue weighted by Gasteiger charge is -2.10. The lowest BCUT2D eigenvalue weighted by molar-refractivity contribution is 0.204. The van der Waals surface area contributed by atoms with Gasteiger partial charge < -0.3 is 5.11 Å². The van der Waals surface area contributed by atoms with Crippen molar-refractivity contribution in [3.05, 3.63) is 41.6 Å². The van der Waals surface area contributed by atoms with E-state index in [9.17, 15) is 5.11 Å². The highest BCUT2D eigenvalue weighted by molar-refractivity contribution is 7.98. The van der Waals surface area contributed by atoms with E-state index in [1.807, 2.05) is 43.5 Å². The summed E-state index contributed by atoms with van der Waals surface area (Å²) in [5.74, 6) is 0.727. The van der Waals surface area contributed by atoms with Crippen molar-refractivity contribution in [1.82, 2.24) is 4.98 Å². The Morgan fingerprint density at radius 2 is 2.12 bits per heavy atom. The summed E-state index contributed by atoms with van der Waals surface area (Å²) in [5, 5.41) is 11.0. The van der Waals surface area contributed by atoms with Gasteiger partial charge in [-0.25, -0.2) is 0 Å². The van der Waals surface area contributed by atoms with Crippen molar-refractivity contribution in [2.75, 3.05) is 12.0 Å². The minimum atomic E-state index is -0.388. The fourth-order valence-electron chi connectivity index (χ4n) is 1.71. The van der Waals surface area contributed by atoms with Crippen LogP contribution in [0.25, 0.3) is 10.9 Å². The first-order chi connectivity index (χ1) is 7.70. The van der Waals surface area contributed by atoms with Crippen LogP contribution in [0.1, 0.15) is 17.4 Å². The second-order valence-electron chi connectivity index (χ2n) is 3.88. The first kappa shape index (κ1) is 11.4. The molecule has 2 rings (SSSR count). The number of aryl methyl sites for hydroxylation is 1. The molecule has 84 valence electrons. The third-order valence-electron chi connectivity index (χ3n) is 2.56. The molecule has 1 N–H and O–H groups in total. The van der Waals surface area contributed by atoms with Gasteiger partial charge in [0.1, 0.15) is 0 Å². The molecular weight excluding hydrogens is 218 g/mol. The third kappa shape index (κ3) is 2.36. The molecule has 2 aromatic rings. The molecule has 0 amide bonds. The third-order valence-corrected chi connectivity index (χ3v) is 3.21. The zero-order valence-corrected chi connectivity index (χ0v) is 10.3. The van der Waals surface area contributed by atoms with Gasteiger partial charge in [0.25, 0.3) is 0 Å². The maximum absolute atomic E-state index is 9.89. The number of aliphatic hydroxyl groups is 1. The van der Waals surface area contributed by atoms with Gasteiger partial charge in [-0.2, -0.15) is 11.8 Å². The predicted molar refractivity (Wildman–Crippen MR) is 69.8 cm³/mol. The second-order valence-corrected chi connectivity index (χ2v) is 4.79. The van der Waals surface area contributed by atoms with E-state index in [4.69, 9.17) is 0 Å². The van der Waals surface area contributed by atoms with E-state index in [2.05, 4.69) is 4.98 Å². The quantitative estimate of drug-likeness (QED) is 0.884. The first-order valence-electron chi connectivity index (χ1n) is 5.25. The van der Waals surface area contributed by atoms with Crippen LogP contribution < -0.4 is 0 Å². The van der Waals surface area contributed by atoms with E-state index in [1.54, 1.807) is 11.8 Å². The summed E-state index contributed by atoms with van der Waals surface area (Å²) in [5.41, 5.74) is 2.97. The average molecular weight is 233 g/mol. The van der Waals surface area contributed by atoms with E-state index in [1.165, 1.54) is 0 Å². The van der Waals surface area contributed by atoms with Crippen LogP contribution in [-0.4, -0.2) is 22.1 Å². The molecule has 1 heterocycles. The summed E-state index contributed by atoms with van der Waals surface area (Å²) in [6.07, 6.45) is 1.61. The number of nitrogens with zero attached hydrogens (tertiary/aromatic N) is 1. The van der Waals surface area contributed by atoms with Crippen molar-refractivity contribution >= 4 is 22.7 Å². The molecule has 0 spiro atoms. The smallest absolute Gasteiger partial charge is 0.0880 e. The lowest BCUT2D eigenvalue weighted by Crippen LogP contribution is -2.00. The number of rotatable bonds is 3. The molecule has 0 aliphatic heterocycles. The Morgan fingerprint density at radius 1 is 1.31 bits per heavy atom. The molecule has 1 atom stereocenters. The Morgan fingerprint density at radius 3 is 2.88 bits per heavy atom. The number of aromatic nitrogens is 1. The highest BCUT2D eigenvalue weighted by atomic mass is 32.2. The highest BCUT2D eigenvalue weighted by Crippen LogP contribution is 2.21. The van der Waals surface area contributed by atoms with Crippen LogP contribution in [-0.2, 0) is 0 Å². The fraction of sp³-hybridized carbons (Fsp3) is 0.308. The van der Waals surface area contributed by atoms with E-state index in [0.29, 0.717) is 0 Å². The normalized spacial score (nSPS) is 12.9. The van der Waals surface area contributed by atoms with Crippen LogP contribution in [0.4, 0.5) is 0 Å². The second kappa shape index (κ2) is 4.85. The Kier molecular flexibility index (Phi) is 3.46. The SMILES string of the molecule is CSCC(O)c1ccc2nc(C)ccc2c1. The summed E-state index contributed by atoms with van der Waals surface area (Å²) in [6, 6.07) is 9.99. The Hall–Kier alpha value is -1.06. The molecule has 1 unspecified atom stereocenters. The molecule has 0 saturated carbocycles. The Labute approximate surface area is 99.7 Å². The number of pyridine rings is 1. The molecule has 2 nitrogen and oxygen atoms in total. The highest BCUT2D eigenvalue weighted by Gasteiger charge is 2.07. The van der Waals surface area contributed by atoms with Gasteiger partial charge in [0.05, 0.1) is 11.6 Å². The van der Waals surface area contributed by atoms with Gasteiger partial charge in [-0.05, 0) is 36.9 Å². The molecule has 0 aliphatic rings. The number of benzene rings is 1. The molecule has 0 saturated heterocycles. The average Bonchev–Trinajstić information content (AvgIpc) is 2.28. The maximum atomic E-state index is 9.89. The minimum Gasteiger partial charge on any atom is -0.388 e. The van der Waals surface area contributed by atoms with Gasteiger partial charge >= 0.3 is 0 Å². The van der Waals surface area contributed by atoms with Crippen LogP contribution in [0.5, 0.6) is 0 Å². The first-order valence-corrected chi connectivity index (χ1v) is 6.64. The van der Waals surface area contributed by atoms with Crippen molar-refractivity contribution in [2.24, 2.45) is 0 Å². The topological polar surface area (TPSA) is 33.1 Å². The van der Waals surface area contributed by atoms with E-state index in [-0.39, 0.29) is 6.10 Å². The number of hydrogen-bond acceptors (Lipinski definition) is 3. The van der Waals surface area contributed by atoms with Crippen molar-refractivity contribution in [1.29, 1.82) is 0 Å². The molecule has 3 heteroatoms. The van der Waals surface area contributed by atoms with Gasteiger partial charge in [-0.15, -0.1) is 0 Å². The van der Waals surface area contributed by atoms with Crippen LogP contribution in [0.15, 0.2) is 30.3 Å². The van der Waals surface area contributed by atoms with Crippen LogP contribution in [0.2, 0.25) is 0 Å². The van der Waals surface area contributed by atoms with Gasteiger partial charge in [-0.3, -0.25) is 4.98 Å². The van der Waals surface area contributed by atoms with Crippen molar-refractivity contribution in [3.63, 3.8) is 0 Å². The van der Waals surface area contributed by atoms with Crippen molar-refractivity contribution in [3.8, 4) is 0 Å². The Bertz CT molecular complexity index is 498. The molecule has 0 bridgehead atoms. The van der Waals surface area contributed by atoms with Crippen molar-refractivity contribution < 1.29 is 5.11 Å². The number of aliphatic hydroxyl groups excluding tert-OH is 1. The standard InChI is InChI=1S/C13H15NOS/c1-9-3-4-10-7-11(13(15)8-16-2)5-6-12(10)14-9/h3-7,13,15H,8H2,1-2H3. The van der Waals surface area contributed by atoms with Gasteiger partial charge in [-0.1, -0.05) is 12.1 Å². The van der Waals surface area contributed by atoms with Crippen LogP contribution in [0.3, 0.4) is 0 Å². The van der Waals surface area contributed by atoms with E-state index in [0.717, 1.165) is 27.9 Å². The monoisotopic (exact) mass is 233 g/mol. The zero-order valence-electron chi connectivity index (χ0n) is 9.47. The molecule has 0 fully saturated rings. The molecule has 16 heavy (non-hydrogen) atoms. The summed E-state index contributed by atoms with van der Waals surface area (Å²) < 4.78 is 0. The summed E-state index contributed by atoms with van der Waals surface area (Å²) >= 11 is 1.65. The largest absolute Gasteiger partial charge is 0.388 e. The number of hydrogen-bond donors (Lipinski definition) is 1. The summed E-state index contributed by atoms with van der Waals surface area (Å²) in [4.78, 5) is 4.44. The molecule has 0 radical (unpaired) electrons. The molecule has 1 aromatic heterocycles. The van der Waals surface area contributed by atoms with E-state index < -0.39 is 0 Å². The fourth-order valence-corrected chi connectivity index (χ4v) is 2.22. The maximum Gasteiger partial charge on any atom is 0.0880 e. The zero-order chi connectivity index (χ0) is 11.5. The predicted octanol–water partition coefficient (Wildman–Crippen LogP) is 2.94. The van der Waals surface area contributed by atoms with Gasteiger partial charge in [0.2, 0.25) is 0 Å². The lowest BCUT2D eigenvalue weighted by atomic mass is 10.1. The van der Waals surface area contributed by atoms with E-state index >= 15 is 0 Å². The summed E-state index contributed by atoms with van der Waals surface area (Å²) in [7, 11) is 0. The molecule has 0 aliphatic carbocycles. The van der Waals surface area contributed by atoms with Gasteiger partial charge in [0, 0.05) is 16.8 Å². The minimum absolute atomic E-state index is 0.388.